The number of H-pyrrole nitrogens is 1. The van der Waals surface area contributed by atoms with Gasteiger partial charge in [0.15, 0.2) is 50.3 Å². The molecule has 3 aliphatic rings. The van der Waals surface area contributed by atoms with Crippen molar-refractivity contribution in [2.45, 2.75) is 63.0 Å². The smallest absolute Gasteiger partial charge is 0.432 e. The van der Waals surface area contributed by atoms with E-state index in [1.165, 1.54) is 28.1 Å². The maximum absolute atomic E-state index is 16.2. The number of nitrogen functional groups attached to an aromatic ring is 2. The summed E-state index contributed by atoms with van der Waals surface area (Å²) in [5, 5.41) is 0. The van der Waals surface area contributed by atoms with Gasteiger partial charge in [-0.05, 0) is 13.8 Å². The van der Waals surface area contributed by atoms with Crippen LogP contribution in [0.5, 0.6) is 0 Å². The number of imidazole rings is 2. The zero-order valence-corrected chi connectivity index (χ0v) is 28.9. The number of halogens is 1. The number of ether oxygens (including phenoxy) is 4. The number of aromatic nitrogens is 8. The molecule has 8 unspecified atom stereocenters. The van der Waals surface area contributed by atoms with E-state index in [2.05, 4.69) is 29.9 Å². The molecule has 4 aromatic rings. The summed E-state index contributed by atoms with van der Waals surface area (Å²) in [5.41, 5.74) is 11.2. The number of rotatable bonds is 7. The van der Waals surface area contributed by atoms with Crippen LogP contribution in [0, 0.1) is 5.92 Å². The van der Waals surface area contributed by atoms with E-state index in [9.17, 15) is 18.9 Å². The van der Waals surface area contributed by atoms with Gasteiger partial charge in [-0.2, -0.15) is 4.98 Å². The van der Waals surface area contributed by atoms with Gasteiger partial charge in [-0.25, -0.2) is 38.2 Å². The van der Waals surface area contributed by atoms with E-state index in [4.69, 9.17) is 53.0 Å². The van der Waals surface area contributed by atoms with Crippen LogP contribution in [0.25, 0.3) is 22.3 Å². The number of aldehydes is 1. The predicted octanol–water partition coefficient (Wildman–Crippen LogP) is 1.04. The van der Waals surface area contributed by atoms with Crippen molar-refractivity contribution in [2.24, 2.45) is 5.92 Å². The van der Waals surface area contributed by atoms with Crippen LogP contribution in [0.2, 0.25) is 0 Å². The van der Waals surface area contributed by atoms with Gasteiger partial charge in [0.2, 0.25) is 12.7 Å². The van der Waals surface area contributed by atoms with Crippen molar-refractivity contribution in [1.82, 2.24) is 39.0 Å². The van der Waals surface area contributed by atoms with E-state index in [1.54, 1.807) is 13.8 Å². The Labute approximate surface area is 292 Å². The summed E-state index contributed by atoms with van der Waals surface area (Å²) in [4.78, 5) is 59.9. The van der Waals surface area contributed by atoms with E-state index < -0.39 is 97.0 Å². The quantitative estimate of drug-likeness (QED) is 0.102. The minimum absolute atomic E-state index is 0.0578. The van der Waals surface area contributed by atoms with Crippen molar-refractivity contribution < 1.29 is 60.1 Å². The summed E-state index contributed by atoms with van der Waals surface area (Å²) in [5.74, 6) is -1.42. The fourth-order valence-corrected chi connectivity index (χ4v) is 7.72. The molecular weight excluding hydrogens is 741 g/mol. The van der Waals surface area contributed by atoms with E-state index >= 15 is 4.39 Å². The number of hydrogen-bond acceptors (Lipinski definition) is 20. The molecule has 7 rings (SSSR count). The highest BCUT2D eigenvalue weighted by molar-refractivity contribution is 7.48. The Balaban J connectivity index is 1.21. The third-order valence-electron chi connectivity index (χ3n) is 8.07. The van der Waals surface area contributed by atoms with Crippen molar-refractivity contribution in [3.8, 4) is 0 Å². The number of aromatic amines is 1. The number of carbonyl (C=O) groups excluding carboxylic acids is 2. The van der Waals surface area contributed by atoms with Crippen molar-refractivity contribution in [1.29, 1.82) is 0 Å². The highest BCUT2D eigenvalue weighted by Gasteiger charge is 2.53. The SMILES string of the molecule is CC(C)OC(=O)OCOP1(=O)OC[C@H]2OC(n3cnc4c(N)ncnc43)C(F)C2OPOCC2O[C@@H](n3cnc4c(=O)[nH]c(N)nc43)C(O1)C2C=O. The average molecular weight is 773 g/mol. The fourth-order valence-electron chi connectivity index (χ4n) is 5.77. The van der Waals surface area contributed by atoms with Crippen molar-refractivity contribution in [3.05, 3.63) is 29.3 Å². The Morgan fingerprint density at radius 3 is 2.62 bits per heavy atom. The van der Waals surface area contributed by atoms with Crippen molar-refractivity contribution in [3.63, 3.8) is 0 Å². The second kappa shape index (κ2) is 14.6. The summed E-state index contributed by atoms with van der Waals surface area (Å²) in [6, 6.07) is 0. The number of nitrogens with one attached hydrogen (secondary N) is 1. The second-order valence-electron chi connectivity index (χ2n) is 11.7. The predicted molar refractivity (Wildman–Crippen MR) is 171 cm³/mol. The molecule has 52 heavy (non-hydrogen) atoms. The van der Waals surface area contributed by atoms with E-state index in [-0.39, 0.29) is 40.7 Å². The summed E-state index contributed by atoms with van der Waals surface area (Å²) in [6.07, 6.45) is -7.53. The standard InChI is InChI=1S/C26H31FN10O13P2/c1-10(2)46-26(40)42-9-45-52(41)44-5-13-18(14(27)23(48-13)36-7-32-15-19(28)30-6-31-20(15)36)49-51-43-4-12-11(3-38)17(50-52)24(47-12)37-8-33-16-21(37)34-25(29)35-22(16)39/h3,6-8,10-14,17-18,23-24,51H,4-5,9H2,1-2H3,(H2,28,30,31)(H3,29,34,35,39)/t11?,12?,13-,14?,17?,18?,23?,24-,52?/m1/s1. The van der Waals surface area contributed by atoms with Gasteiger partial charge < -0.3 is 44.3 Å². The monoisotopic (exact) mass is 772 g/mol. The first-order valence-corrected chi connectivity index (χ1v) is 17.7. The maximum atomic E-state index is 16.2. The first kappa shape index (κ1) is 36.1. The van der Waals surface area contributed by atoms with Crippen LogP contribution in [0.3, 0.4) is 0 Å². The van der Waals surface area contributed by atoms with Gasteiger partial charge in [0.25, 0.3) is 5.56 Å². The number of alkyl halides is 1. The molecule has 0 aromatic carbocycles. The molecule has 26 heteroatoms. The second-order valence-corrected chi connectivity index (χ2v) is 14.1. The summed E-state index contributed by atoms with van der Waals surface area (Å²) in [6.45, 7) is 1.13. The molecule has 2 bridgehead atoms. The Morgan fingerprint density at radius 1 is 1.10 bits per heavy atom. The zero-order valence-electron chi connectivity index (χ0n) is 27.0. The molecular formula is C26H31FN10O13P2. The largest absolute Gasteiger partial charge is 0.510 e. The normalized spacial score (nSPS) is 31.6. The van der Waals surface area contributed by atoms with Crippen LogP contribution in [-0.4, -0.2) is 108 Å². The number of nitrogens with two attached hydrogens (primary N) is 2. The van der Waals surface area contributed by atoms with E-state index in [1.807, 2.05) is 0 Å². The number of phosphoric ester groups is 1. The number of anilines is 2. The van der Waals surface area contributed by atoms with Crippen LogP contribution in [-0.2, 0) is 50.9 Å². The summed E-state index contributed by atoms with van der Waals surface area (Å²) >= 11 is 0. The Morgan fingerprint density at radius 2 is 1.85 bits per heavy atom. The average Bonchev–Trinajstić information content (AvgIpc) is 3.85. The van der Waals surface area contributed by atoms with Gasteiger partial charge in [0, 0.05) is 0 Å². The third kappa shape index (κ3) is 6.96. The Kier molecular flexibility index (Phi) is 10.2. The molecule has 0 aliphatic carbocycles. The van der Waals surface area contributed by atoms with Gasteiger partial charge in [0.1, 0.15) is 36.4 Å². The van der Waals surface area contributed by atoms with E-state index in [0.29, 0.717) is 6.29 Å². The molecule has 3 fully saturated rings. The lowest BCUT2D eigenvalue weighted by molar-refractivity contribution is -0.115. The van der Waals surface area contributed by atoms with E-state index in [0.717, 1.165) is 0 Å². The van der Waals surface area contributed by atoms with Gasteiger partial charge in [-0.3, -0.25) is 28.0 Å². The first-order valence-electron chi connectivity index (χ1n) is 15.4. The highest BCUT2D eigenvalue weighted by atomic mass is 31.2. The molecule has 0 spiro atoms. The minimum Gasteiger partial charge on any atom is -0.432 e. The number of hydrogen-bond donors (Lipinski definition) is 3. The van der Waals surface area contributed by atoms with Crippen LogP contribution in [0.4, 0.5) is 21.0 Å². The molecule has 0 saturated carbocycles. The molecule has 0 radical (unpaired) electrons. The Bertz CT molecular complexity index is 2070. The van der Waals surface area contributed by atoms with Gasteiger partial charge in [0.05, 0.1) is 44.0 Å². The number of nitrogens with zero attached hydrogens (tertiary/aromatic N) is 7. The molecule has 280 valence electrons. The number of carbonyl (C=O) groups is 2. The fraction of sp³-hybridized carbons (Fsp3) is 0.538. The Hall–Kier alpha value is -4.25. The number of phosphoric acid groups is 1. The maximum Gasteiger partial charge on any atom is 0.510 e. The highest BCUT2D eigenvalue weighted by Crippen LogP contribution is 2.56. The van der Waals surface area contributed by atoms with Crippen LogP contribution in [0.1, 0.15) is 26.3 Å². The lowest BCUT2D eigenvalue weighted by atomic mass is 10.0. The number of fused-ring (bicyclic) bond motifs is 5. The van der Waals surface area contributed by atoms with Gasteiger partial charge in [-0.1, -0.05) is 0 Å². The van der Waals surface area contributed by atoms with Crippen LogP contribution >= 0.6 is 16.9 Å². The molecule has 10 atom stereocenters. The lowest BCUT2D eigenvalue weighted by Crippen LogP contribution is -2.33. The summed E-state index contributed by atoms with van der Waals surface area (Å²) < 4.78 is 83.6. The van der Waals surface area contributed by atoms with Gasteiger partial charge >= 0.3 is 14.0 Å². The molecule has 4 aromatic heterocycles. The summed E-state index contributed by atoms with van der Waals surface area (Å²) in [7, 11) is -5.76. The molecule has 5 N–H and O–H groups in total. The first-order chi connectivity index (χ1) is 25.0. The zero-order chi connectivity index (χ0) is 36.7. The minimum atomic E-state index is -4.95. The molecule has 23 nitrogen and oxygen atoms in total. The lowest BCUT2D eigenvalue weighted by Gasteiger charge is -2.27. The van der Waals surface area contributed by atoms with Crippen molar-refractivity contribution in [2.75, 3.05) is 31.5 Å². The van der Waals surface area contributed by atoms with Crippen LogP contribution < -0.4 is 17.0 Å². The van der Waals surface area contributed by atoms with Gasteiger partial charge in [-0.15, -0.1) is 0 Å². The molecule has 0 amide bonds. The topological polar surface area (TPSA) is 293 Å². The molecule has 3 saturated heterocycles. The molecule has 3 aliphatic heterocycles. The van der Waals surface area contributed by atoms with Crippen LogP contribution in [0.15, 0.2) is 23.8 Å². The van der Waals surface area contributed by atoms with Crippen molar-refractivity contribution >= 4 is 63.4 Å². The third-order valence-corrected chi connectivity index (χ3v) is 10.1. The molecule has 7 heterocycles.